The fraction of sp³-hybridized carbons (Fsp3) is 0.545. The van der Waals surface area contributed by atoms with Gasteiger partial charge in [0, 0.05) is 10.9 Å². The minimum Gasteiger partial charge on any atom is -0.494 e. The van der Waals surface area contributed by atoms with E-state index >= 15 is 0 Å². The molecule has 5 rings (SSSR count). The topological polar surface area (TPSA) is 99.4 Å². The Balaban J connectivity index is 1.63. The largest absolute Gasteiger partial charge is 0.494 e. The van der Waals surface area contributed by atoms with Gasteiger partial charge in [0.2, 0.25) is 5.82 Å². The molecule has 1 atom stereocenters. The zero-order valence-corrected chi connectivity index (χ0v) is 17.8. The average molecular weight is 426 g/mol. The van der Waals surface area contributed by atoms with Crippen LogP contribution in [-0.2, 0) is 4.74 Å². The van der Waals surface area contributed by atoms with Gasteiger partial charge in [0.15, 0.2) is 6.04 Å². The molecular weight excluding hydrogens is 396 g/mol. The van der Waals surface area contributed by atoms with Crippen LogP contribution < -0.4 is 15.2 Å². The summed E-state index contributed by atoms with van der Waals surface area (Å²) in [7, 11) is 0. The highest BCUT2D eigenvalue weighted by molar-refractivity contribution is 5.80. The molecule has 1 aliphatic heterocycles. The van der Waals surface area contributed by atoms with Crippen LogP contribution in [0.25, 0.3) is 10.9 Å². The number of H-pyrrole nitrogens is 1. The number of quaternary nitrogens is 1. The average Bonchev–Trinajstić information content (AvgIpc) is 3.48. The second kappa shape index (κ2) is 8.76. The summed E-state index contributed by atoms with van der Waals surface area (Å²) in [4.78, 5) is 17.6. The first kappa shape index (κ1) is 20.1. The highest BCUT2D eigenvalue weighted by atomic mass is 16.5. The molecule has 0 spiro atoms. The number of hydrogen-bond acceptors (Lipinski definition) is 6. The highest BCUT2D eigenvalue weighted by Crippen LogP contribution is 2.31. The van der Waals surface area contributed by atoms with Gasteiger partial charge < -0.3 is 19.4 Å². The number of nitrogens with one attached hydrogen (secondary N) is 2. The Morgan fingerprint density at radius 2 is 2.06 bits per heavy atom. The molecule has 0 amide bonds. The third-order valence-corrected chi connectivity index (χ3v) is 6.46. The second-order valence-electron chi connectivity index (χ2n) is 8.36. The third kappa shape index (κ3) is 3.95. The smallest absolute Gasteiger partial charge is 0.258 e. The zero-order chi connectivity index (χ0) is 21.2. The van der Waals surface area contributed by atoms with E-state index in [1.807, 2.05) is 35.9 Å². The lowest BCUT2D eigenvalue weighted by atomic mass is 10.0. The first-order chi connectivity index (χ1) is 15.2. The fourth-order valence-electron chi connectivity index (χ4n) is 4.94. The Labute approximate surface area is 180 Å². The summed E-state index contributed by atoms with van der Waals surface area (Å²) >= 11 is 0. The summed E-state index contributed by atoms with van der Waals surface area (Å²) in [5.41, 5.74) is 1.39. The van der Waals surface area contributed by atoms with Crippen LogP contribution in [0.15, 0.2) is 29.1 Å². The van der Waals surface area contributed by atoms with Crippen LogP contribution in [-0.4, -0.2) is 58.1 Å². The molecule has 2 N–H and O–H groups in total. The monoisotopic (exact) mass is 425 g/mol. The Kier molecular flexibility index (Phi) is 5.69. The van der Waals surface area contributed by atoms with E-state index in [0.717, 1.165) is 48.4 Å². The molecule has 3 heterocycles. The van der Waals surface area contributed by atoms with Crippen LogP contribution in [0.2, 0.25) is 0 Å². The van der Waals surface area contributed by atoms with E-state index in [-0.39, 0.29) is 11.6 Å². The number of ether oxygens (including phenoxy) is 2. The summed E-state index contributed by atoms with van der Waals surface area (Å²) in [6, 6.07) is 7.79. The molecule has 9 heteroatoms. The fourth-order valence-corrected chi connectivity index (χ4v) is 4.94. The lowest BCUT2D eigenvalue weighted by molar-refractivity contribution is -0.933. The minimum absolute atomic E-state index is 0.0957. The van der Waals surface area contributed by atoms with Gasteiger partial charge in [-0.25, -0.2) is 4.68 Å². The lowest BCUT2D eigenvalue weighted by Gasteiger charge is -2.31. The third-order valence-electron chi connectivity index (χ3n) is 6.46. The van der Waals surface area contributed by atoms with Gasteiger partial charge in [-0.2, -0.15) is 0 Å². The number of fused-ring (bicyclic) bond motifs is 1. The normalized spacial score (nSPS) is 19.1. The van der Waals surface area contributed by atoms with Crippen molar-refractivity contribution in [2.45, 2.75) is 44.7 Å². The summed E-state index contributed by atoms with van der Waals surface area (Å²) in [6.45, 7) is 5.49. The van der Waals surface area contributed by atoms with Crippen molar-refractivity contribution in [2.75, 3.05) is 32.9 Å². The summed E-state index contributed by atoms with van der Waals surface area (Å²) in [6.07, 6.45) is 4.54. The standard InChI is InChI=1S/C22H28N6O3/c1-2-31-17-7-8-19-15(13-17)14-18(22(29)23-19)20(27-9-11-30-12-10-27)21-24-25-26-28(21)16-5-3-4-6-16/h7-8,13-14,16,20H,2-6,9-12H2,1H3,(H,23,29)/p+1/t20-/m1/s1. The van der Waals surface area contributed by atoms with Crippen LogP contribution in [0, 0.1) is 0 Å². The molecule has 164 valence electrons. The van der Waals surface area contributed by atoms with Gasteiger partial charge in [0.05, 0.1) is 31.4 Å². The number of nitrogens with zero attached hydrogens (tertiary/aromatic N) is 4. The van der Waals surface area contributed by atoms with Crippen molar-refractivity contribution in [1.29, 1.82) is 0 Å². The number of rotatable bonds is 6. The van der Waals surface area contributed by atoms with E-state index in [2.05, 4.69) is 20.5 Å². The van der Waals surface area contributed by atoms with E-state index in [9.17, 15) is 4.79 Å². The molecule has 31 heavy (non-hydrogen) atoms. The second-order valence-corrected chi connectivity index (χ2v) is 8.36. The Hall–Kier alpha value is -2.78. The van der Waals surface area contributed by atoms with Crippen molar-refractivity contribution in [3.63, 3.8) is 0 Å². The molecule has 3 aromatic rings. The number of morpholine rings is 1. The van der Waals surface area contributed by atoms with Gasteiger partial charge in [-0.3, -0.25) is 4.79 Å². The molecule has 2 aliphatic rings. The van der Waals surface area contributed by atoms with Crippen molar-refractivity contribution in [3.05, 3.63) is 46.0 Å². The van der Waals surface area contributed by atoms with Gasteiger partial charge in [0.1, 0.15) is 18.8 Å². The maximum Gasteiger partial charge on any atom is 0.258 e. The Morgan fingerprint density at radius 1 is 1.26 bits per heavy atom. The zero-order valence-electron chi connectivity index (χ0n) is 17.8. The molecule has 0 unspecified atom stereocenters. The first-order valence-electron chi connectivity index (χ1n) is 11.2. The molecule has 1 aliphatic carbocycles. The van der Waals surface area contributed by atoms with Crippen molar-refractivity contribution >= 4 is 10.9 Å². The maximum atomic E-state index is 13.2. The highest BCUT2D eigenvalue weighted by Gasteiger charge is 2.37. The van der Waals surface area contributed by atoms with Crippen LogP contribution >= 0.6 is 0 Å². The van der Waals surface area contributed by atoms with Gasteiger partial charge in [0.25, 0.3) is 5.56 Å². The van der Waals surface area contributed by atoms with Crippen LogP contribution in [0.3, 0.4) is 0 Å². The van der Waals surface area contributed by atoms with Crippen LogP contribution in [0.4, 0.5) is 0 Å². The van der Waals surface area contributed by atoms with E-state index in [1.165, 1.54) is 17.7 Å². The van der Waals surface area contributed by atoms with E-state index in [0.29, 0.717) is 31.4 Å². The van der Waals surface area contributed by atoms with Gasteiger partial charge >= 0.3 is 0 Å². The number of pyridine rings is 1. The molecular formula is C22H29N6O3+. The minimum atomic E-state index is -0.247. The summed E-state index contributed by atoms with van der Waals surface area (Å²) in [5, 5.41) is 13.8. The lowest BCUT2D eigenvalue weighted by Crippen LogP contribution is -3.14. The van der Waals surface area contributed by atoms with Gasteiger partial charge in [-0.1, -0.05) is 12.8 Å². The van der Waals surface area contributed by atoms with Crippen molar-refractivity contribution < 1.29 is 14.4 Å². The van der Waals surface area contributed by atoms with E-state index in [1.54, 1.807) is 0 Å². The first-order valence-corrected chi connectivity index (χ1v) is 11.2. The van der Waals surface area contributed by atoms with Crippen LogP contribution in [0.5, 0.6) is 5.75 Å². The van der Waals surface area contributed by atoms with Gasteiger partial charge in [-0.05, 0) is 54.5 Å². The molecule has 1 saturated heterocycles. The summed E-state index contributed by atoms with van der Waals surface area (Å²) in [5.74, 6) is 1.56. The number of aromatic amines is 1. The maximum absolute atomic E-state index is 13.2. The quantitative estimate of drug-likeness (QED) is 0.612. The predicted octanol–water partition coefficient (Wildman–Crippen LogP) is 1.03. The predicted molar refractivity (Wildman–Crippen MR) is 114 cm³/mol. The van der Waals surface area contributed by atoms with Crippen LogP contribution in [0.1, 0.15) is 56.1 Å². The van der Waals surface area contributed by atoms with Gasteiger partial charge in [-0.15, -0.1) is 5.10 Å². The van der Waals surface area contributed by atoms with E-state index < -0.39 is 0 Å². The number of tetrazole rings is 1. The number of hydrogen-bond donors (Lipinski definition) is 2. The molecule has 1 saturated carbocycles. The molecule has 2 fully saturated rings. The SMILES string of the molecule is CCOc1ccc2[nH]c(=O)c([C@H](c3nnnn3C3CCCC3)[NH+]3CCOCC3)cc2c1. The van der Waals surface area contributed by atoms with Crippen molar-refractivity contribution in [3.8, 4) is 5.75 Å². The number of benzene rings is 1. The molecule has 0 bridgehead atoms. The molecule has 2 aromatic heterocycles. The Bertz CT molecular complexity index is 1100. The Morgan fingerprint density at radius 3 is 2.84 bits per heavy atom. The molecule has 1 aromatic carbocycles. The molecule has 0 radical (unpaired) electrons. The van der Waals surface area contributed by atoms with E-state index in [4.69, 9.17) is 9.47 Å². The molecule has 9 nitrogen and oxygen atoms in total. The number of aromatic nitrogens is 5. The van der Waals surface area contributed by atoms with Crippen molar-refractivity contribution in [2.24, 2.45) is 0 Å². The van der Waals surface area contributed by atoms with Crippen molar-refractivity contribution in [1.82, 2.24) is 25.2 Å². The summed E-state index contributed by atoms with van der Waals surface area (Å²) < 4.78 is 13.2.